The van der Waals surface area contributed by atoms with Crippen LogP contribution in [0.4, 0.5) is 11.6 Å². The molecular weight excluding hydrogens is 296 g/mol. The summed E-state index contributed by atoms with van der Waals surface area (Å²) in [6.45, 7) is 2.66. The Hall–Kier alpha value is -2.88. The van der Waals surface area contributed by atoms with Crippen LogP contribution in [0.2, 0.25) is 0 Å². The Morgan fingerprint density at radius 2 is 1.71 bits per heavy atom. The molecule has 1 N–H and O–H groups in total. The second-order valence-corrected chi connectivity index (χ2v) is 6.04. The van der Waals surface area contributed by atoms with Crippen LogP contribution >= 0.6 is 0 Å². The Morgan fingerprint density at radius 3 is 2.58 bits per heavy atom. The summed E-state index contributed by atoms with van der Waals surface area (Å²) in [5.74, 6) is 1.85. The lowest BCUT2D eigenvalue weighted by Crippen LogP contribution is -2.31. The number of nitrogens with one attached hydrogen (secondary N) is 1. The average Bonchev–Trinajstić information content (AvgIpc) is 2.67. The van der Waals surface area contributed by atoms with Gasteiger partial charge in [0.1, 0.15) is 18.0 Å². The Morgan fingerprint density at radius 1 is 0.917 bits per heavy atom. The summed E-state index contributed by atoms with van der Waals surface area (Å²) < 4.78 is 0. The summed E-state index contributed by atoms with van der Waals surface area (Å²) in [7, 11) is 0. The third-order valence-electron chi connectivity index (χ3n) is 4.42. The number of rotatable bonds is 4. The molecule has 2 aromatic carbocycles. The van der Waals surface area contributed by atoms with Gasteiger partial charge >= 0.3 is 0 Å². The van der Waals surface area contributed by atoms with Gasteiger partial charge in [0.05, 0.1) is 0 Å². The highest BCUT2D eigenvalue weighted by molar-refractivity contribution is 5.50. The van der Waals surface area contributed by atoms with E-state index in [0.29, 0.717) is 0 Å². The van der Waals surface area contributed by atoms with Gasteiger partial charge in [0.15, 0.2) is 0 Å². The van der Waals surface area contributed by atoms with Crippen LogP contribution < -0.4 is 10.2 Å². The molecule has 0 fully saturated rings. The average molecular weight is 316 g/mol. The van der Waals surface area contributed by atoms with Gasteiger partial charge in [-0.1, -0.05) is 54.6 Å². The lowest BCUT2D eigenvalue weighted by molar-refractivity contribution is 0.719. The summed E-state index contributed by atoms with van der Waals surface area (Å²) in [5, 5.41) is 3.38. The molecule has 0 unspecified atom stereocenters. The molecule has 3 aromatic rings. The van der Waals surface area contributed by atoms with Crippen LogP contribution in [-0.4, -0.2) is 16.5 Å². The highest BCUT2D eigenvalue weighted by Gasteiger charge is 2.17. The minimum Gasteiger partial charge on any atom is -0.366 e. The van der Waals surface area contributed by atoms with Crippen LogP contribution in [-0.2, 0) is 19.5 Å². The molecule has 4 nitrogen and oxygen atoms in total. The van der Waals surface area contributed by atoms with Crippen molar-refractivity contribution in [2.24, 2.45) is 0 Å². The summed E-state index contributed by atoms with van der Waals surface area (Å²) in [4.78, 5) is 11.1. The Balaban J connectivity index is 1.47. The zero-order chi connectivity index (χ0) is 16.2. The molecule has 0 spiro atoms. The monoisotopic (exact) mass is 316 g/mol. The van der Waals surface area contributed by atoms with Crippen LogP contribution in [0.15, 0.2) is 67.0 Å². The number of fused-ring (bicyclic) bond motifs is 1. The predicted octanol–water partition coefficient (Wildman–Crippen LogP) is 3.65. The maximum Gasteiger partial charge on any atom is 0.134 e. The van der Waals surface area contributed by atoms with Crippen molar-refractivity contribution in [2.45, 2.75) is 19.5 Å². The summed E-state index contributed by atoms with van der Waals surface area (Å²) in [5.41, 5.74) is 4.08. The molecular formula is C20H20N4. The number of aromatic nitrogens is 2. The van der Waals surface area contributed by atoms with Gasteiger partial charge in [-0.25, -0.2) is 9.97 Å². The van der Waals surface area contributed by atoms with E-state index in [1.54, 1.807) is 6.33 Å². The van der Waals surface area contributed by atoms with E-state index in [2.05, 4.69) is 56.6 Å². The molecule has 0 radical (unpaired) electrons. The zero-order valence-electron chi connectivity index (χ0n) is 13.5. The van der Waals surface area contributed by atoms with Crippen molar-refractivity contribution in [2.75, 3.05) is 16.8 Å². The van der Waals surface area contributed by atoms with Crippen LogP contribution in [0.1, 0.15) is 16.7 Å². The summed E-state index contributed by atoms with van der Waals surface area (Å²) >= 11 is 0. The van der Waals surface area contributed by atoms with E-state index < -0.39 is 0 Å². The lowest BCUT2D eigenvalue weighted by atomic mass is 10.00. The van der Waals surface area contributed by atoms with Gasteiger partial charge < -0.3 is 10.2 Å². The van der Waals surface area contributed by atoms with Crippen LogP contribution in [0.25, 0.3) is 0 Å². The molecule has 0 saturated heterocycles. The summed E-state index contributed by atoms with van der Waals surface area (Å²) in [6.07, 6.45) is 2.70. The standard InChI is InChI=1S/C20H20N4/c1-2-6-16(7-3-1)13-21-19-12-20(23-15-22-19)24-11-10-17-8-4-5-9-18(17)14-24/h1-9,12,15H,10-11,13-14H2,(H,21,22,23). The second-order valence-electron chi connectivity index (χ2n) is 6.04. The highest BCUT2D eigenvalue weighted by atomic mass is 15.2. The first-order valence-electron chi connectivity index (χ1n) is 8.30. The molecule has 1 aliphatic heterocycles. The summed E-state index contributed by atoms with van der Waals surface area (Å²) in [6, 6.07) is 21.0. The van der Waals surface area contributed by atoms with Crippen molar-refractivity contribution < 1.29 is 0 Å². The highest BCUT2D eigenvalue weighted by Crippen LogP contribution is 2.23. The topological polar surface area (TPSA) is 41.0 Å². The molecule has 1 aromatic heterocycles. The molecule has 24 heavy (non-hydrogen) atoms. The second kappa shape index (κ2) is 6.71. The zero-order valence-corrected chi connectivity index (χ0v) is 13.5. The Kier molecular flexibility index (Phi) is 4.11. The molecule has 0 bridgehead atoms. The van der Waals surface area contributed by atoms with Crippen molar-refractivity contribution >= 4 is 11.6 Å². The van der Waals surface area contributed by atoms with E-state index in [-0.39, 0.29) is 0 Å². The number of benzene rings is 2. The normalized spacial score (nSPS) is 13.4. The van der Waals surface area contributed by atoms with Gasteiger partial charge in [-0.2, -0.15) is 0 Å². The van der Waals surface area contributed by atoms with E-state index >= 15 is 0 Å². The quantitative estimate of drug-likeness (QED) is 0.797. The maximum absolute atomic E-state index is 4.47. The Bertz CT molecular complexity index is 817. The fourth-order valence-electron chi connectivity index (χ4n) is 3.10. The largest absolute Gasteiger partial charge is 0.366 e. The minimum atomic E-state index is 0.764. The van der Waals surface area contributed by atoms with Gasteiger partial charge in [-0.05, 0) is 23.1 Å². The predicted molar refractivity (Wildman–Crippen MR) is 97.0 cm³/mol. The SMILES string of the molecule is c1ccc(CNc2cc(N3CCc4ccccc4C3)ncn2)cc1. The molecule has 4 heteroatoms. The third kappa shape index (κ3) is 3.23. The molecule has 2 heterocycles. The van der Waals surface area contributed by atoms with Gasteiger partial charge in [-0.15, -0.1) is 0 Å². The first kappa shape index (κ1) is 14.7. The fourth-order valence-corrected chi connectivity index (χ4v) is 3.10. The molecule has 4 rings (SSSR count). The maximum atomic E-state index is 4.47. The van der Waals surface area contributed by atoms with E-state index in [1.807, 2.05) is 24.3 Å². The first-order valence-corrected chi connectivity index (χ1v) is 8.30. The Labute approximate surface area is 142 Å². The minimum absolute atomic E-state index is 0.764. The van der Waals surface area contributed by atoms with Gasteiger partial charge in [0, 0.05) is 25.7 Å². The number of hydrogen-bond donors (Lipinski definition) is 1. The van der Waals surface area contributed by atoms with E-state index in [9.17, 15) is 0 Å². The molecule has 120 valence electrons. The van der Waals surface area contributed by atoms with Crippen molar-refractivity contribution in [3.05, 3.63) is 83.7 Å². The smallest absolute Gasteiger partial charge is 0.134 e. The molecule has 0 aliphatic carbocycles. The van der Waals surface area contributed by atoms with Crippen molar-refractivity contribution in [3.63, 3.8) is 0 Å². The van der Waals surface area contributed by atoms with E-state index in [1.165, 1.54) is 16.7 Å². The fraction of sp³-hybridized carbons (Fsp3) is 0.200. The van der Waals surface area contributed by atoms with Crippen LogP contribution in [0.3, 0.4) is 0 Å². The van der Waals surface area contributed by atoms with Crippen LogP contribution in [0, 0.1) is 0 Å². The van der Waals surface area contributed by atoms with Crippen LogP contribution in [0.5, 0.6) is 0 Å². The van der Waals surface area contributed by atoms with E-state index in [0.717, 1.165) is 37.7 Å². The molecule has 0 saturated carbocycles. The lowest BCUT2D eigenvalue weighted by Gasteiger charge is -2.29. The molecule has 1 aliphatic rings. The van der Waals surface area contributed by atoms with Gasteiger partial charge in [-0.3, -0.25) is 0 Å². The third-order valence-corrected chi connectivity index (χ3v) is 4.42. The molecule has 0 atom stereocenters. The van der Waals surface area contributed by atoms with Gasteiger partial charge in [0.2, 0.25) is 0 Å². The van der Waals surface area contributed by atoms with Crippen molar-refractivity contribution in [1.82, 2.24) is 9.97 Å². The van der Waals surface area contributed by atoms with Crippen molar-refractivity contribution in [1.29, 1.82) is 0 Å². The number of hydrogen-bond acceptors (Lipinski definition) is 4. The van der Waals surface area contributed by atoms with Crippen molar-refractivity contribution in [3.8, 4) is 0 Å². The molecule has 0 amide bonds. The van der Waals surface area contributed by atoms with E-state index in [4.69, 9.17) is 0 Å². The van der Waals surface area contributed by atoms with Gasteiger partial charge in [0.25, 0.3) is 0 Å². The number of nitrogens with zero attached hydrogens (tertiary/aromatic N) is 3. The number of anilines is 2. The first-order chi connectivity index (χ1) is 11.9.